The first-order chi connectivity index (χ1) is 8.63. The summed E-state index contributed by atoms with van der Waals surface area (Å²) < 4.78 is 1.04. The van der Waals surface area contributed by atoms with Crippen LogP contribution >= 0.6 is 15.9 Å². The van der Waals surface area contributed by atoms with Gasteiger partial charge in [0.25, 0.3) is 0 Å². The summed E-state index contributed by atoms with van der Waals surface area (Å²) in [6.45, 7) is 1.99. The van der Waals surface area contributed by atoms with Crippen LogP contribution in [0, 0.1) is 12.3 Å². The van der Waals surface area contributed by atoms with Crippen molar-refractivity contribution in [3.63, 3.8) is 0 Å². The van der Waals surface area contributed by atoms with Crippen molar-refractivity contribution in [3.05, 3.63) is 34.3 Å². The van der Waals surface area contributed by atoms with Crippen molar-refractivity contribution in [2.75, 3.05) is 0 Å². The fourth-order valence-corrected chi connectivity index (χ4v) is 1.93. The Bertz CT molecular complexity index is 419. The van der Waals surface area contributed by atoms with Crippen LogP contribution in [-0.4, -0.2) is 5.91 Å². The Morgan fingerprint density at radius 1 is 1.39 bits per heavy atom. The Morgan fingerprint density at radius 2 is 2.06 bits per heavy atom. The van der Waals surface area contributed by atoms with Gasteiger partial charge in [-0.05, 0) is 37.5 Å². The van der Waals surface area contributed by atoms with E-state index in [9.17, 15) is 4.79 Å². The third-order valence-electron chi connectivity index (χ3n) is 2.72. The van der Waals surface area contributed by atoms with E-state index in [1.807, 2.05) is 31.2 Å². The first kappa shape index (κ1) is 14.8. The number of nitrogens with one attached hydrogen (secondary N) is 1. The lowest BCUT2D eigenvalue weighted by atomic mass is 10.1. The molecule has 96 valence electrons. The zero-order chi connectivity index (χ0) is 13.4. The van der Waals surface area contributed by atoms with Crippen LogP contribution < -0.4 is 5.32 Å². The lowest BCUT2D eigenvalue weighted by Gasteiger charge is -2.14. The molecule has 0 fully saturated rings. The summed E-state index contributed by atoms with van der Waals surface area (Å²) >= 11 is 3.39. The zero-order valence-electron chi connectivity index (χ0n) is 10.6. The standard InChI is InChI=1S/C15H18BrNO/c1-3-4-5-6-7-15(18)17-12(2)13-8-10-14(16)11-9-13/h1,8-12H,4-7H2,2H3,(H,17,18). The topological polar surface area (TPSA) is 29.1 Å². The third-order valence-corrected chi connectivity index (χ3v) is 3.25. The summed E-state index contributed by atoms with van der Waals surface area (Å²) in [5, 5.41) is 2.99. The number of benzene rings is 1. The summed E-state index contributed by atoms with van der Waals surface area (Å²) in [4.78, 5) is 11.7. The highest BCUT2D eigenvalue weighted by atomic mass is 79.9. The van der Waals surface area contributed by atoms with Crippen molar-refractivity contribution < 1.29 is 4.79 Å². The van der Waals surface area contributed by atoms with Crippen molar-refractivity contribution in [3.8, 4) is 12.3 Å². The largest absolute Gasteiger partial charge is 0.350 e. The van der Waals surface area contributed by atoms with E-state index >= 15 is 0 Å². The van der Waals surface area contributed by atoms with Crippen LogP contribution in [0.4, 0.5) is 0 Å². The van der Waals surface area contributed by atoms with Crippen LogP contribution in [0.3, 0.4) is 0 Å². The molecular weight excluding hydrogens is 290 g/mol. The first-order valence-electron chi connectivity index (χ1n) is 6.11. The highest BCUT2D eigenvalue weighted by molar-refractivity contribution is 9.10. The molecule has 18 heavy (non-hydrogen) atoms. The van der Waals surface area contributed by atoms with Crippen LogP contribution in [0.1, 0.15) is 44.2 Å². The second kappa shape index (κ2) is 7.94. The van der Waals surface area contributed by atoms with Crippen molar-refractivity contribution >= 4 is 21.8 Å². The van der Waals surface area contributed by atoms with Gasteiger partial charge in [-0.1, -0.05) is 28.1 Å². The van der Waals surface area contributed by atoms with Crippen molar-refractivity contribution in [1.29, 1.82) is 0 Å². The highest BCUT2D eigenvalue weighted by Gasteiger charge is 2.08. The molecular formula is C15H18BrNO. The van der Waals surface area contributed by atoms with Crippen LogP contribution in [0.5, 0.6) is 0 Å². The molecule has 3 heteroatoms. The molecule has 0 bridgehead atoms. The summed E-state index contributed by atoms with van der Waals surface area (Å²) in [5.74, 6) is 2.66. The molecule has 1 rings (SSSR count). The number of terminal acetylenes is 1. The van der Waals surface area contributed by atoms with Crippen LogP contribution in [0.2, 0.25) is 0 Å². The van der Waals surface area contributed by atoms with Gasteiger partial charge in [-0.3, -0.25) is 4.79 Å². The molecule has 0 aliphatic heterocycles. The van der Waals surface area contributed by atoms with E-state index in [-0.39, 0.29) is 11.9 Å². The summed E-state index contributed by atoms with van der Waals surface area (Å²) in [6.07, 6.45) is 8.21. The molecule has 0 heterocycles. The summed E-state index contributed by atoms with van der Waals surface area (Å²) in [5.41, 5.74) is 1.11. The minimum atomic E-state index is 0.0400. The van der Waals surface area contributed by atoms with Crippen LogP contribution in [-0.2, 0) is 4.79 Å². The number of carbonyl (C=O) groups excluding carboxylic acids is 1. The van der Waals surface area contributed by atoms with E-state index < -0.39 is 0 Å². The van der Waals surface area contributed by atoms with Gasteiger partial charge in [-0.15, -0.1) is 12.3 Å². The Balaban J connectivity index is 2.35. The average Bonchev–Trinajstić information content (AvgIpc) is 2.35. The van der Waals surface area contributed by atoms with E-state index in [1.165, 1.54) is 0 Å². The quantitative estimate of drug-likeness (QED) is 0.628. The van der Waals surface area contributed by atoms with Gasteiger partial charge in [0.2, 0.25) is 5.91 Å². The van der Waals surface area contributed by atoms with Crippen LogP contribution in [0.15, 0.2) is 28.7 Å². The smallest absolute Gasteiger partial charge is 0.220 e. The maximum Gasteiger partial charge on any atom is 0.220 e. The second-order valence-corrected chi connectivity index (χ2v) is 5.17. The van der Waals surface area contributed by atoms with Gasteiger partial charge in [0.1, 0.15) is 0 Å². The normalized spacial score (nSPS) is 11.6. The van der Waals surface area contributed by atoms with Crippen molar-refractivity contribution in [1.82, 2.24) is 5.32 Å². The molecule has 1 N–H and O–H groups in total. The lowest BCUT2D eigenvalue weighted by molar-refractivity contribution is -0.121. The number of carbonyl (C=O) groups is 1. The van der Waals surface area contributed by atoms with Gasteiger partial charge in [0.05, 0.1) is 6.04 Å². The molecule has 0 saturated carbocycles. The lowest BCUT2D eigenvalue weighted by Crippen LogP contribution is -2.26. The number of hydrogen-bond acceptors (Lipinski definition) is 1. The third kappa shape index (κ3) is 5.37. The Kier molecular flexibility index (Phi) is 6.53. The highest BCUT2D eigenvalue weighted by Crippen LogP contribution is 2.16. The monoisotopic (exact) mass is 307 g/mol. The van der Waals surface area contributed by atoms with Gasteiger partial charge >= 0.3 is 0 Å². The molecule has 1 unspecified atom stereocenters. The zero-order valence-corrected chi connectivity index (χ0v) is 12.2. The van der Waals surface area contributed by atoms with Crippen molar-refractivity contribution in [2.45, 2.75) is 38.6 Å². The molecule has 1 aromatic rings. The Labute approximate surface area is 117 Å². The van der Waals surface area contributed by atoms with Gasteiger partial charge in [0.15, 0.2) is 0 Å². The minimum Gasteiger partial charge on any atom is -0.350 e. The maximum absolute atomic E-state index is 11.7. The number of amides is 1. The molecule has 2 nitrogen and oxygen atoms in total. The molecule has 1 amide bonds. The fourth-order valence-electron chi connectivity index (χ4n) is 1.66. The van der Waals surface area contributed by atoms with Crippen LogP contribution in [0.25, 0.3) is 0 Å². The molecule has 1 aromatic carbocycles. The Hall–Kier alpha value is -1.27. The van der Waals surface area contributed by atoms with Gasteiger partial charge < -0.3 is 5.32 Å². The number of rotatable bonds is 6. The van der Waals surface area contributed by atoms with E-state index in [0.29, 0.717) is 6.42 Å². The van der Waals surface area contributed by atoms with Crippen molar-refractivity contribution in [2.24, 2.45) is 0 Å². The molecule has 0 aliphatic carbocycles. The molecule has 0 spiro atoms. The first-order valence-corrected chi connectivity index (χ1v) is 6.91. The van der Waals surface area contributed by atoms with Gasteiger partial charge in [-0.25, -0.2) is 0 Å². The molecule has 0 aliphatic rings. The number of unbranched alkanes of at least 4 members (excludes halogenated alkanes) is 2. The SMILES string of the molecule is C#CCCCCC(=O)NC(C)c1ccc(Br)cc1. The predicted octanol–water partition coefficient (Wildman–Crippen LogP) is 3.82. The van der Waals surface area contributed by atoms with E-state index in [0.717, 1.165) is 29.3 Å². The maximum atomic E-state index is 11.7. The molecule has 0 saturated heterocycles. The fraction of sp³-hybridized carbons (Fsp3) is 0.400. The van der Waals surface area contributed by atoms with E-state index in [1.54, 1.807) is 0 Å². The van der Waals surface area contributed by atoms with Gasteiger partial charge in [-0.2, -0.15) is 0 Å². The second-order valence-electron chi connectivity index (χ2n) is 4.25. The predicted molar refractivity (Wildman–Crippen MR) is 78.0 cm³/mol. The number of hydrogen-bond donors (Lipinski definition) is 1. The minimum absolute atomic E-state index is 0.0400. The summed E-state index contributed by atoms with van der Waals surface area (Å²) in [6, 6.07) is 8.01. The van der Waals surface area contributed by atoms with E-state index in [2.05, 4.69) is 27.2 Å². The molecule has 1 atom stereocenters. The van der Waals surface area contributed by atoms with E-state index in [4.69, 9.17) is 6.42 Å². The summed E-state index contributed by atoms with van der Waals surface area (Å²) in [7, 11) is 0. The molecule has 0 radical (unpaired) electrons. The number of halogens is 1. The Morgan fingerprint density at radius 3 is 2.67 bits per heavy atom. The van der Waals surface area contributed by atoms with Gasteiger partial charge in [0, 0.05) is 17.3 Å². The molecule has 0 aromatic heterocycles. The average molecular weight is 308 g/mol.